The molecule has 0 saturated carbocycles. The molecule has 0 bridgehead atoms. The van der Waals surface area contributed by atoms with Crippen LogP contribution in [0.1, 0.15) is 33.6 Å². The third kappa shape index (κ3) is 8.12. The van der Waals surface area contributed by atoms with E-state index in [9.17, 15) is 9.59 Å². The second kappa shape index (κ2) is 11.7. The standard InChI is InChI=1S/C14H29N3O3/c1-5-17(6-2)13(18)8-10-15-12(3)14(19)16-9-7-11-20-4/h12,15H,5-11H2,1-4H3,(H,16,19). The van der Waals surface area contributed by atoms with Gasteiger partial charge in [0.05, 0.1) is 6.04 Å². The molecule has 0 aliphatic rings. The van der Waals surface area contributed by atoms with Gasteiger partial charge in [-0.2, -0.15) is 0 Å². The van der Waals surface area contributed by atoms with Gasteiger partial charge in [-0.15, -0.1) is 0 Å². The van der Waals surface area contributed by atoms with Crippen LogP contribution in [0.3, 0.4) is 0 Å². The molecule has 0 rings (SSSR count). The van der Waals surface area contributed by atoms with E-state index in [2.05, 4.69) is 10.6 Å². The molecule has 0 aromatic carbocycles. The van der Waals surface area contributed by atoms with Crippen molar-refractivity contribution in [1.82, 2.24) is 15.5 Å². The Balaban J connectivity index is 3.78. The molecule has 1 atom stereocenters. The first kappa shape index (κ1) is 18.9. The highest BCUT2D eigenvalue weighted by Gasteiger charge is 2.13. The Hall–Kier alpha value is -1.14. The van der Waals surface area contributed by atoms with E-state index in [1.807, 2.05) is 13.8 Å². The van der Waals surface area contributed by atoms with Crippen LogP contribution >= 0.6 is 0 Å². The van der Waals surface area contributed by atoms with Gasteiger partial charge in [0.25, 0.3) is 0 Å². The smallest absolute Gasteiger partial charge is 0.236 e. The van der Waals surface area contributed by atoms with Crippen molar-refractivity contribution < 1.29 is 14.3 Å². The summed E-state index contributed by atoms with van der Waals surface area (Å²) in [6.45, 7) is 8.94. The van der Waals surface area contributed by atoms with E-state index in [1.165, 1.54) is 0 Å². The number of carbonyl (C=O) groups is 2. The lowest BCUT2D eigenvalue weighted by molar-refractivity contribution is -0.131. The van der Waals surface area contributed by atoms with Crippen LogP contribution in [0.5, 0.6) is 0 Å². The van der Waals surface area contributed by atoms with Crippen LogP contribution in [0.2, 0.25) is 0 Å². The molecular weight excluding hydrogens is 258 g/mol. The molecule has 0 fully saturated rings. The lowest BCUT2D eigenvalue weighted by atomic mass is 10.2. The van der Waals surface area contributed by atoms with Crippen LogP contribution in [-0.4, -0.2) is 62.7 Å². The van der Waals surface area contributed by atoms with Gasteiger partial charge in [-0.3, -0.25) is 9.59 Å². The second-order valence-electron chi connectivity index (χ2n) is 4.63. The molecule has 6 nitrogen and oxygen atoms in total. The minimum absolute atomic E-state index is 0.0450. The first-order chi connectivity index (χ1) is 9.56. The molecule has 0 radical (unpaired) electrons. The molecule has 2 N–H and O–H groups in total. The number of nitrogens with zero attached hydrogens (tertiary/aromatic N) is 1. The summed E-state index contributed by atoms with van der Waals surface area (Å²) in [4.78, 5) is 25.3. The molecule has 20 heavy (non-hydrogen) atoms. The normalized spacial score (nSPS) is 12.0. The topological polar surface area (TPSA) is 70.7 Å². The summed E-state index contributed by atoms with van der Waals surface area (Å²) in [5.41, 5.74) is 0. The summed E-state index contributed by atoms with van der Waals surface area (Å²) in [7, 11) is 1.64. The van der Waals surface area contributed by atoms with Crippen LogP contribution in [0.15, 0.2) is 0 Å². The molecule has 0 aromatic heterocycles. The number of hydrogen-bond acceptors (Lipinski definition) is 4. The fourth-order valence-electron chi connectivity index (χ4n) is 1.80. The summed E-state index contributed by atoms with van der Waals surface area (Å²) in [6.07, 6.45) is 1.22. The maximum absolute atomic E-state index is 11.8. The Morgan fingerprint density at radius 2 is 1.85 bits per heavy atom. The molecule has 2 amide bonds. The Labute approximate surface area is 122 Å². The third-order valence-electron chi connectivity index (χ3n) is 3.12. The van der Waals surface area contributed by atoms with Gasteiger partial charge in [0, 0.05) is 46.3 Å². The monoisotopic (exact) mass is 287 g/mol. The van der Waals surface area contributed by atoms with Crippen LogP contribution in [0.4, 0.5) is 0 Å². The largest absolute Gasteiger partial charge is 0.385 e. The van der Waals surface area contributed by atoms with E-state index in [-0.39, 0.29) is 17.9 Å². The second-order valence-corrected chi connectivity index (χ2v) is 4.63. The van der Waals surface area contributed by atoms with Crippen molar-refractivity contribution in [2.75, 3.05) is 39.9 Å². The van der Waals surface area contributed by atoms with Gasteiger partial charge < -0.3 is 20.3 Å². The van der Waals surface area contributed by atoms with Crippen molar-refractivity contribution in [3.63, 3.8) is 0 Å². The van der Waals surface area contributed by atoms with Crippen molar-refractivity contribution in [2.24, 2.45) is 0 Å². The van der Waals surface area contributed by atoms with E-state index >= 15 is 0 Å². The summed E-state index contributed by atoms with van der Waals surface area (Å²) in [6, 6.07) is -0.290. The number of ether oxygens (including phenoxy) is 1. The van der Waals surface area contributed by atoms with Gasteiger partial charge in [0.1, 0.15) is 0 Å². The number of nitrogens with one attached hydrogen (secondary N) is 2. The zero-order valence-corrected chi connectivity index (χ0v) is 13.2. The highest BCUT2D eigenvalue weighted by molar-refractivity contribution is 5.81. The Morgan fingerprint density at radius 1 is 1.20 bits per heavy atom. The highest BCUT2D eigenvalue weighted by Crippen LogP contribution is 1.93. The van der Waals surface area contributed by atoms with E-state index < -0.39 is 0 Å². The van der Waals surface area contributed by atoms with Crippen LogP contribution in [0, 0.1) is 0 Å². The fourth-order valence-corrected chi connectivity index (χ4v) is 1.80. The van der Waals surface area contributed by atoms with Gasteiger partial charge in [-0.25, -0.2) is 0 Å². The maximum atomic E-state index is 11.8. The average molecular weight is 287 g/mol. The van der Waals surface area contributed by atoms with Crippen LogP contribution in [0.25, 0.3) is 0 Å². The Bertz CT molecular complexity index is 281. The maximum Gasteiger partial charge on any atom is 0.236 e. The summed E-state index contributed by atoms with van der Waals surface area (Å²) in [5, 5.41) is 5.89. The molecule has 0 heterocycles. The number of hydrogen-bond donors (Lipinski definition) is 2. The van der Waals surface area contributed by atoms with Crippen LogP contribution < -0.4 is 10.6 Å². The fraction of sp³-hybridized carbons (Fsp3) is 0.857. The van der Waals surface area contributed by atoms with E-state index in [0.717, 1.165) is 19.5 Å². The number of carbonyl (C=O) groups excluding carboxylic acids is 2. The van der Waals surface area contributed by atoms with Crippen LogP contribution in [-0.2, 0) is 14.3 Å². The molecule has 0 aliphatic heterocycles. The van der Waals surface area contributed by atoms with Gasteiger partial charge >= 0.3 is 0 Å². The summed E-state index contributed by atoms with van der Waals surface area (Å²) in [5.74, 6) is 0.0755. The average Bonchev–Trinajstić information content (AvgIpc) is 2.44. The predicted molar refractivity (Wildman–Crippen MR) is 79.5 cm³/mol. The van der Waals surface area contributed by atoms with Crippen molar-refractivity contribution >= 4 is 11.8 Å². The summed E-state index contributed by atoms with van der Waals surface area (Å²) < 4.78 is 4.91. The van der Waals surface area contributed by atoms with E-state index in [1.54, 1.807) is 18.9 Å². The number of methoxy groups -OCH3 is 1. The van der Waals surface area contributed by atoms with Crippen molar-refractivity contribution in [3.8, 4) is 0 Å². The molecule has 118 valence electrons. The molecule has 1 unspecified atom stereocenters. The quantitative estimate of drug-likeness (QED) is 0.539. The van der Waals surface area contributed by atoms with Crippen molar-refractivity contribution in [3.05, 3.63) is 0 Å². The Kier molecular flexibility index (Phi) is 11.0. The molecule has 0 saturated heterocycles. The molecular formula is C14H29N3O3. The van der Waals surface area contributed by atoms with E-state index in [4.69, 9.17) is 4.74 Å². The van der Waals surface area contributed by atoms with Crippen molar-refractivity contribution in [1.29, 1.82) is 0 Å². The van der Waals surface area contributed by atoms with Gasteiger partial charge in [0.2, 0.25) is 11.8 Å². The molecule has 0 aromatic rings. The lowest BCUT2D eigenvalue weighted by Crippen LogP contribution is -2.44. The summed E-state index contributed by atoms with van der Waals surface area (Å²) >= 11 is 0. The SMILES string of the molecule is CCN(CC)C(=O)CCNC(C)C(=O)NCCCOC. The lowest BCUT2D eigenvalue weighted by Gasteiger charge is -2.19. The van der Waals surface area contributed by atoms with Crippen molar-refractivity contribution in [2.45, 2.75) is 39.7 Å². The minimum Gasteiger partial charge on any atom is -0.385 e. The molecule has 0 aliphatic carbocycles. The zero-order chi connectivity index (χ0) is 15.4. The number of amides is 2. The highest BCUT2D eigenvalue weighted by atomic mass is 16.5. The van der Waals surface area contributed by atoms with Gasteiger partial charge in [0.15, 0.2) is 0 Å². The minimum atomic E-state index is -0.290. The molecule has 6 heteroatoms. The predicted octanol–water partition coefficient (Wildman–Crippen LogP) is 0.376. The van der Waals surface area contributed by atoms with Gasteiger partial charge in [-0.05, 0) is 27.2 Å². The Morgan fingerprint density at radius 3 is 2.40 bits per heavy atom. The molecule has 0 spiro atoms. The third-order valence-corrected chi connectivity index (χ3v) is 3.12. The zero-order valence-electron chi connectivity index (χ0n) is 13.2. The van der Waals surface area contributed by atoms with Gasteiger partial charge in [-0.1, -0.05) is 0 Å². The first-order valence-electron chi connectivity index (χ1n) is 7.34. The first-order valence-corrected chi connectivity index (χ1v) is 7.34. The van der Waals surface area contributed by atoms with E-state index in [0.29, 0.717) is 26.1 Å². The number of rotatable bonds is 11.